The molecule has 0 atom stereocenters. The minimum absolute atomic E-state index is 0.347. The second kappa shape index (κ2) is 7.91. The number of morpholine rings is 1. The standard InChI is InChI=1S/C13H22N4O3S2/c1-2-5-15-13(14)16-10-11-3-4-12(21-11)22(18,19)17-6-8-20-9-7-17/h3-4H,2,5-10H2,1H3,(H3,14,15,16). The van der Waals surface area contributed by atoms with Gasteiger partial charge < -0.3 is 15.8 Å². The molecule has 1 aromatic rings. The minimum atomic E-state index is -3.42. The first kappa shape index (κ1) is 17.2. The molecule has 22 heavy (non-hydrogen) atoms. The Balaban J connectivity index is 2.01. The van der Waals surface area contributed by atoms with Crippen molar-refractivity contribution in [2.24, 2.45) is 10.7 Å². The van der Waals surface area contributed by atoms with Crippen molar-refractivity contribution in [2.75, 3.05) is 32.8 Å². The van der Waals surface area contributed by atoms with Crippen LogP contribution in [-0.2, 0) is 21.3 Å². The van der Waals surface area contributed by atoms with Crippen LogP contribution < -0.4 is 11.1 Å². The van der Waals surface area contributed by atoms with Crippen molar-refractivity contribution in [3.63, 3.8) is 0 Å². The van der Waals surface area contributed by atoms with Crippen LogP contribution in [0.25, 0.3) is 0 Å². The fourth-order valence-electron chi connectivity index (χ4n) is 1.97. The second-order valence-electron chi connectivity index (χ2n) is 4.87. The number of hydrogen-bond donors (Lipinski definition) is 2. The summed E-state index contributed by atoms with van der Waals surface area (Å²) < 4.78 is 32.0. The molecule has 1 fully saturated rings. The minimum Gasteiger partial charge on any atom is -0.379 e. The van der Waals surface area contributed by atoms with Gasteiger partial charge in [0.2, 0.25) is 0 Å². The molecule has 0 unspecified atom stereocenters. The van der Waals surface area contributed by atoms with Gasteiger partial charge in [-0.1, -0.05) is 6.92 Å². The first-order valence-corrected chi connectivity index (χ1v) is 9.50. The Hall–Kier alpha value is -1.16. The van der Waals surface area contributed by atoms with Crippen LogP contribution in [0.2, 0.25) is 0 Å². The molecular weight excluding hydrogens is 324 g/mol. The van der Waals surface area contributed by atoms with Gasteiger partial charge in [0.25, 0.3) is 10.0 Å². The molecule has 3 N–H and O–H groups in total. The molecule has 1 saturated heterocycles. The SMILES string of the molecule is CCCNC(N)=NCc1ccc(S(=O)(=O)N2CCOCC2)s1. The highest BCUT2D eigenvalue weighted by Gasteiger charge is 2.27. The van der Waals surface area contributed by atoms with E-state index in [0.29, 0.717) is 43.0 Å². The zero-order valence-electron chi connectivity index (χ0n) is 12.6. The van der Waals surface area contributed by atoms with Crippen LogP contribution in [0.1, 0.15) is 18.2 Å². The van der Waals surface area contributed by atoms with E-state index in [4.69, 9.17) is 10.5 Å². The lowest BCUT2D eigenvalue weighted by Gasteiger charge is -2.25. The Morgan fingerprint density at radius 3 is 2.86 bits per heavy atom. The number of nitrogens with one attached hydrogen (secondary N) is 1. The summed E-state index contributed by atoms with van der Waals surface area (Å²) in [6.45, 7) is 4.90. The first-order chi connectivity index (χ1) is 10.5. The van der Waals surface area contributed by atoms with Crippen LogP contribution in [0.5, 0.6) is 0 Å². The highest BCUT2D eigenvalue weighted by atomic mass is 32.2. The maximum absolute atomic E-state index is 12.5. The van der Waals surface area contributed by atoms with Gasteiger partial charge in [-0.05, 0) is 18.6 Å². The third-order valence-electron chi connectivity index (χ3n) is 3.16. The monoisotopic (exact) mass is 346 g/mol. The van der Waals surface area contributed by atoms with Crippen molar-refractivity contribution >= 4 is 27.3 Å². The Morgan fingerprint density at radius 2 is 2.18 bits per heavy atom. The van der Waals surface area contributed by atoms with Gasteiger partial charge in [0, 0.05) is 24.5 Å². The Bertz CT molecular complexity index is 607. The van der Waals surface area contributed by atoms with Gasteiger partial charge >= 0.3 is 0 Å². The van der Waals surface area contributed by atoms with Gasteiger partial charge in [-0.3, -0.25) is 0 Å². The number of ether oxygens (including phenoxy) is 1. The van der Waals surface area contributed by atoms with Gasteiger partial charge in [-0.15, -0.1) is 11.3 Å². The molecule has 0 spiro atoms. The summed E-state index contributed by atoms with van der Waals surface area (Å²) in [7, 11) is -3.42. The molecule has 0 radical (unpaired) electrons. The maximum Gasteiger partial charge on any atom is 0.252 e. The summed E-state index contributed by atoms with van der Waals surface area (Å²) in [5.74, 6) is 0.382. The first-order valence-electron chi connectivity index (χ1n) is 7.24. The van der Waals surface area contributed by atoms with Gasteiger partial charge in [0.15, 0.2) is 5.96 Å². The number of nitrogens with zero attached hydrogens (tertiary/aromatic N) is 2. The van der Waals surface area contributed by atoms with Gasteiger partial charge in [-0.25, -0.2) is 13.4 Å². The number of hydrogen-bond acceptors (Lipinski definition) is 5. The topological polar surface area (TPSA) is 97.0 Å². The highest BCUT2D eigenvalue weighted by Crippen LogP contribution is 2.25. The largest absolute Gasteiger partial charge is 0.379 e. The van der Waals surface area contributed by atoms with E-state index in [2.05, 4.69) is 10.3 Å². The molecule has 2 heterocycles. The average molecular weight is 346 g/mol. The maximum atomic E-state index is 12.5. The molecule has 124 valence electrons. The molecule has 0 aromatic carbocycles. The third kappa shape index (κ3) is 4.42. The quantitative estimate of drug-likeness (QED) is 0.580. The summed E-state index contributed by atoms with van der Waals surface area (Å²) in [5, 5.41) is 2.98. The predicted octanol–water partition coefficient (Wildman–Crippen LogP) is 0.583. The van der Waals surface area contributed by atoms with Crippen molar-refractivity contribution < 1.29 is 13.2 Å². The van der Waals surface area contributed by atoms with Crippen molar-refractivity contribution in [1.82, 2.24) is 9.62 Å². The summed E-state index contributed by atoms with van der Waals surface area (Å²) in [4.78, 5) is 5.07. The van der Waals surface area contributed by atoms with Crippen LogP contribution in [0.4, 0.5) is 0 Å². The normalized spacial score (nSPS) is 17.6. The van der Waals surface area contributed by atoms with E-state index in [1.807, 2.05) is 6.92 Å². The smallest absolute Gasteiger partial charge is 0.252 e. The van der Waals surface area contributed by atoms with Crippen molar-refractivity contribution in [2.45, 2.75) is 24.1 Å². The highest BCUT2D eigenvalue weighted by molar-refractivity contribution is 7.91. The zero-order valence-corrected chi connectivity index (χ0v) is 14.3. The number of thiophene rings is 1. The fraction of sp³-hybridized carbons (Fsp3) is 0.615. The van der Waals surface area contributed by atoms with Gasteiger partial charge in [0.05, 0.1) is 19.8 Å². The van der Waals surface area contributed by atoms with E-state index in [-0.39, 0.29) is 0 Å². The molecule has 9 heteroatoms. The molecule has 0 aliphatic carbocycles. The van der Waals surface area contributed by atoms with Crippen molar-refractivity contribution in [3.05, 3.63) is 17.0 Å². The summed E-state index contributed by atoms with van der Waals surface area (Å²) in [5.41, 5.74) is 5.72. The van der Waals surface area contributed by atoms with Crippen LogP contribution in [0.15, 0.2) is 21.3 Å². The molecule has 1 aliphatic heterocycles. The number of rotatable bonds is 6. The van der Waals surface area contributed by atoms with E-state index in [9.17, 15) is 8.42 Å². The third-order valence-corrected chi connectivity index (χ3v) is 6.60. The van der Waals surface area contributed by atoms with E-state index >= 15 is 0 Å². The predicted molar refractivity (Wildman–Crippen MR) is 87.5 cm³/mol. The van der Waals surface area contributed by atoms with Crippen LogP contribution in [0, 0.1) is 0 Å². The van der Waals surface area contributed by atoms with E-state index in [1.165, 1.54) is 15.6 Å². The van der Waals surface area contributed by atoms with Crippen molar-refractivity contribution in [1.29, 1.82) is 0 Å². The summed E-state index contributed by atoms with van der Waals surface area (Å²) in [6.07, 6.45) is 0.969. The molecule has 1 aliphatic rings. The lowest BCUT2D eigenvalue weighted by Crippen LogP contribution is -2.40. The van der Waals surface area contributed by atoms with Crippen molar-refractivity contribution in [3.8, 4) is 0 Å². The lowest BCUT2D eigenvalue weighted by atomic mass is 10.5. The molecule has 7 nitrogen and oxygen atoms in total. The van der Waals surface area contributed by atoms with E-state index < -0.39 is 10.0 Å². The molecule has 0 amide bonds. The van der Waals surface area contributed by atoms with Crippen LogP contribution in [-0.4, -0.2) is 51.5 Å². The van der Waals surface area contributed by atoms with Gasteiger partial charge in [0.1, 0.15) is 4.21 Å². The number of nitrogens with two attached hydrogens (primary N) is 1. The molecule has 1 aromatic heterocycles. The number of guanidine groups is 1. The van der Waals surface area contributed by atoms with Crippen LogP contribution >= 0.6 is 11.3 Å². The van der Waals surface area contributed by atoms with E-state index in [1.54, 1.807) is 12.1 Å². The average Bonchev–Trinajstić information content (AvgIpc) is 3.01. The summed E-state index contributed by atoms with van der Waals surface area (Å²) in [6, 6.07) is 3.42. The second-order valence-corrected chi connectivity index (χ2v) is 8.20. The molecule has 2 rings (SSSR count). The Kier molecular flexibility index (Phi) is 6.18. The lowest BCUT2D eigenvalue weighted by molar-refractivity contribution is 0.0731. The molecule has 0 bridgehead atoms. The molecule has 0 saturated carbocycles. The van der Waals surface area contributed by atoms with Gasteiger partial charge in [-0.2, -0.15) is 4.31 Å². The zero-order chi connectivity index (χ0) is 16.0. The van der Waals surface area contributed by atoms with E-state index in [0.717, 1.165) is 17.8 Å². The fourth-order valence-corrected chi connectivity index (χ4v) is 4.81. The Labute approximate surface area is 135 Å². The number of aliphatic imine (C=N–C) groups is 1. The number of sulfonamides is 1. The van der Waals surface area contributed by atoms with Crippen LogP contribution in [0.3, 0.4) is 0 Å². The Morgan fingerprint density at radius 1 is 1.45 bits per heavy atom. The summed E-state index contributed by atoms with van der Waals surface area (Å²) >= 11 is 1.24. The molecular formula is C13H22N4O3S2.